The van der Waals surface area contributed by atoms with Gasteiger partial charge in [-0.1, -0.05) is 12.8 Å². The van der Waals surface area contributed by atoms with Crippen molar-refractivity contribution in [2.75, 3.05) is 20.2 Å². The smallest absolute Gasteiger partial charge is 0.254 e. The van der Waals surface area contributed by atoms with Gasteiger partial charge < -0.3 is 20.1 Å². The molecule has 1 aliphatic carbocycles. The van der Waals surface area contributed by atoms with Crippen molar-refractivity contribution in [3.63, 3.8) is 0 Å². The molecule has 4 rings (SSSR count). The summed E-state index contributed by atoms with van der Waals surface area (Å²) < 4.78 is 5.64. The normalized spacial score (nSPS) is 15.2. The van der Waals surface area contributed by atoms with Gasteiger partial charge in [-0.25, -0.2) is 0 Å². The van der Waals surface area contributed by atoms with E-state index in [2.05, 4.69) is 5.32 Å². The molecule has 0 radical (unpaired) electrons. The predicted molar refractivity (Wildman–Crippen MR) is 132 cm³/mol. The zero-order valence-electron chi connectivity index (χ0n) is 18.9. The van der Waals surface area contributed by atoms with E-state index in [1.54, 1.807) is 36.2 Å². The van der Waals surface area contributed by atoms with Crippen molar-refractivity contribution in [3.05, 3.63) is 58.1 Å². The lowest BCUT2D eigenvalue weighted by Crippen LogP contribution is -2.30. The lowest BCUT2D eigenvalue weighted by atomic mass is 9.94. The fourth-order valence-corrected chi connectivity index (χ4v) is 4.71. The number of hydrogen-bond acceptors (Lipinski definition) is 5. The highest BCUT2D eigenvalue weighted by Crippen LogP contribution is 2.39. The summed E-state index contributed by atoms with van der Waals surface area (Å²) in [7, 11) is 1.55. The van der Waals surface area contributed by atoms with Crippen molar-refractivity contribution in [3.8, 4) is 11.5 Å². The van der Waals surface area contributed by atoms with E-state index in [0.717, 1.165) is 36.8 Å². The number of nitrogens with zero attached hydrogens (tertiary/aromatic N) is 1. The van der Waals surface area contributed by atoms with E-state index in [0.29, 0.717) is 41.5 Å². The van der Waals surface area contributed by atoms with Crippen LogP contribution in [0, 0.1) is 5.41 Å². The minimum Gasteiger partial charge on any atom is -0.508 e. The molecule has 0 atom stereocenters. The van der Waals surface area contributed by atoms with Crippen molar-refractivity contribution in [1.82, 2.24) is 10.2 Å². The molecule has 8 heteroatoms. The van der Waals surface area contributed by atoms with Crippen LogP contribution >= 0.6 is 17.0 Å². The number of carbonyl (C=O) groups excluding carboxylic acids is 2. The first kappa shape index (κ1) is 24.8. The molecule has 1 saturated carbocycles. The molecule has 0 saturated heterocycles. The molecule has 33 heavy (non-hydrogen) atoms. The zero-order chi connectivity index (χ0) is 22.8. The first-order chi connectivity index (χ1) is 15.4. The van der Waals surface area contributed by atoms with Crippen LogP contribution in [0.25, 0.3) is 0 Å². The number of rotatable bonds is 7. The second kappa shape index (κ2) is 10.4. The fourth-order valence-electron chi connectivity index (χ4n) is 4.71. The first-order valence-electron chi connectivity index (χ1n) is 11.1. The average molecular weight is 516 g/mol. The second-order valence-electron chi connectivity index (χ2n) is 8.40. The van der Waals surface area contributed by atoms with E-state index in [9.17, 15) is 14.7 Å². The molecule has 7 nitrogen and oxygen atoms in total. The van der Waals surface area contributed by atoms with Crippen LogP contribution in [-0.4, -0.2) is 47.7 Å². The fraction of sp³-hybridized carbons (Fsp3) is 0.400. The van der Waals surface area contributed by atoms with Crippen molar-refractivity contribution in [2.24, 2.45) is 0 Å². The minimum absolute atomic E-state index is 0. The van der Waals surface area contributed by atoms with Crippen LogP contribution in [0.1, 0.15) is 75.9 Å². The van der Waals surface area contributed by atoms with Gasteiger partial charge in [-0.05, 0) is 67.1 Å². The van der Waals surface area contributed by atoms with Gasteiger partial charge in [0, 0.05) is 24.7 Å². The number of amides is 1. The maximum atomic E-state index is 13.1. The summed E-state index contributed by atoms with van der Waals surface area (Å²) >= 11 is 0. The Morgan fingerprint density at radius 1 is 1.21 bits per heavy atom. The van der Waals surface area contributed by atoms with Crippen molar-refractivity contribution < 1.29 is 19.4 Å². The van der Waals surface area contributed by atoms with Crippen LogP contribution in [0.2, 0.25) is 0 Å². The number of hydrogen-bond donors (Lipinski definition) is 3. The summed E-state index contributed by atoms with van der Waals surface area (Å²) in [5, 5.41) is 21.5. The van der Waals surface area contributed by atoms with Gasteiger partial charge in [0.05, 0.1) is 18.7 Å². The Kier molecular flexibility index (Phi) is 7.79. The first-order valence-corrected chi connectivity index (χ1v) is 11.1. The molecule has 3 N–H and O–H groups in total. The summed E-state index contributed by atoms with van der Waals surface area (Å²) in [6, 6.07) is 8.54. The number of aromatic hydroxyl groups is 1. The summed E-state index contributed by atoms with van der Waals surface area (Å²) in [6.07, 6.45) is 4.36. The SMILES string of the molecule is Br.CCOc1cc2c(cc1C(=O)NC)C(=N)N(CC(=O)c1ccc(O)c(C3CCCC3)c1)C2. The molecule has 1 amide bonds. The van der Waals surface area contributed by atoms with Gasteiger partial charge in [-0.3, -0.25) is 15.0 Å². The molecule has 0 spiro atoms. The van der Waals surface area contributed by atoms with E-state index >= 15 is 0 Å². The van der Waals surface area contributed by atoms with Crippen LogP contribution in [0.15, 0.2) is 30.3 Å². The number of ether oxygens (including phenoxy) is 1. The quantitative estimate of drug-likeness (QED) is 0.474. The number of phenolic OH excluding ortho intramolecular Hbond substituents is 1. The van der Waals surface area contributed by atoms with Crippen LogP contribution in [-0.2, 0) is 6.54 Å². The third kappa shape index (κ3) is 4.90. The summed E-state index contributed by atoms with van der Waals surface area (Å²) in [6.45, 7) is 2.74. The van der Waals surface area contributed by atoms with Crippen molar-refractivity contribution in [1.29, 1.82) is 5.41 Å². The Morgan fingerprint density at radius 3 is 2.61 bits per heavy atom. The van der Waals surface area contributed by atoms with E-state index in [-0.39, 0.29) is 46.8 Å². The second-order valence-corrected chi connectivity index (χ2v) is 8.40. The molecule has 0 bridgehead atoms. The molecular formula is C25H30BrN3O4. The van der Waals surface area contributed by atoms with Gasteiger partial charge in [-0.2, -0.15) is 0 Å². The number of Topliss-reactive ketones (excluding diaryl/α,β-unsaturated/α-hetero) is 1. The summed E-state index contributed by atoms with van der Waals surface area (Å²) in [5.41, 5.74) is 3.28. The van der Waals surface area contributed by atoms with Gasteiger partial charge >= 0.3 is 0 Å². The summed E-state index contributed by atoms with van der Waals surface area (Å²) in [4.78, 5) is 27.0. The molecule has 1 heterocycles. The minimum atomic E-state index is -0.276. The highest BCUT2D eigenvalue weighted by Gasteiger charge is 2.29. The third-order valence-electron chi connectivity index (χ3n) is 6.39. The zero-order valence-corrected chi connectivity index (χ0v) is 20.7. The largest absolute Gasteiger partial charge is 0.508 e. The Hall–Kier alpha value is -2.87. The maximum Gasteiger partial charge on any atom is 0.254 e. The third-order valence-corrected chi connectivity index (χ3v) is 6.39. The standard InChI is InChI=1S/C25H29N3O4.BrH/c1-3-32-23-11-17-13-28(24(26)19(17)12-20(23)25(31)27-2)14-22(30)16-8-9-21(29)18(10-16)15-6-4-5-7-15;/h8-12,15,26,29H,3-7,13-14H2,1-2H3,(H,27,31);1H. The van der Waals surface area contributed by atoms with Crippen LogP contribution in [0.4, 0.5) is 0 Å². The van der Waals surface area contributed by atoms with E-state index in [1.165, 1.54) is 0 Å². The lowest BCUT2D eigenvalue weighted by Gasteiger charge is -2.18. The van der Waals surface area contributed by atoms with Crippen LogP contribution in [0.5, 0.6) is 11.5 Å². The Labute approximate surface area is 204 Å². The molecule has 0 aromatic heterocycles. The molecule has 1 aliphatic heterocycles. The number of carbonyl (C=O) groups is 2. The molecule has 2 aromatic carbocycles. The number of ketones is 1. The van der Waals surface area contributed by atoms with Gasteiger partial charge in [0.15, 0.2) is 5.78 Å². The molecular weight excluding hydrogens is 486 g/mol. The van der Waals surface area contributed by atoms with Crippen LogP contribution < -0.4 is 10.1 Å². The van der Waals surface area contributed by atoms with Crippen molar-refractivity contribution >= 4 is 34.5 Å². The molecule has 176 valence electrons. The van der Waals surface area contributed by atoms with Gasteiger partial charge in [0.1, 0.15) is 17.3 Å². The number of halogens is 1. The highest BCUT2D eigenvalue weighted by molar-refractivity contribution is 8.93. The average Bonchev–Trinajstić information content (AvgIpc) is 3.42. The molecule has 0 unspecified atom stereocenters. The highest BCUT2D eigenvalue weighted by atomic mass is 79.9. The van der Waals surface area contributed by atoms with E-state index in [4.69, 9.17) is 10.1 Å². The monoisotopic (exact) mass is 515 g/mol. The number of nitrogens with one attached hydrogen (secondary N) is 2. The Morgan fingerprint density at radius 2 is 1.94 bits per heavy atom. The van der Waals surface area contributed by atoms with Gasteiger partial charge in [0.2, 0.25) is 0 Å². The maximum absolute atomic E-state index is 13.1. The Bertz CT molecular complexity index is 1080. The molecule has 2 aromatic rings. The topological polar surface area (TPSA) is 103 Å². The van der Waals surface area contributed by atoms with E-state index < -0.39 is 0 Å². The number of fused-ring (bicyclic) bond motifs is 1. The van der Waals surface area contributed by atoms with Gasteiger partial charge in [-0.15, -0.1) is 17.0 Å². The summed E-state index contributed by atoms with van der Waals surface area (Å²) in [5.74, 6) is 0.875. The predicted octanol–water partition coefficient (Wildman–Crippen LogP) is 4.41. The van der Waals surface area contributed by atoms with Crippen molar-refractivity contribution in [2.45, 2.75) is 45.1 Å². The Balaban J connectivity index is 0.00000306. The molecule has 2 aliphatic rings. The molecule has 1 fully saturated rings. The number of amidine groups is 1. The number of phenols is 1. The van der Waals surface area contributed by atoms with E-state index in [1.807, 2.05) is 13.0 Å². The van der Waals surface area contributed by atoms with Gasteiger partial charge in [0.25, 0.3) is 5.91 Å². The van der Waals surface area contributed by atoms with Crippen LogP contribution in [0.3, 0.4) is 0 Å². The number of benzene rings is 2. The lowest BCUT2D eigenvalue weighted by molar-refractivity contribution is 0.0953.